The second-order valence-electron chi connectivity index (χ2n) is 5.94. The zero-order valence-corrected chi connectivity index (χ0v) is 14.8. The lowest BCUT2D eigenvalue weighted by molar-refractivity contribution is 0.0733. The number of rotatable bonds is 4. The lowest BCUT2D eigenvalue weighted by atomic mass is 9.84. The number of carbonyl (C=O) groups is 3. The Balaban J connectivity index is 2.05. The van der Waals surface area contributed by atoms with Gasteiger partial charge in [0.05, 0.1) is 17.7 Å². The van der Waals surface area contributed by atoms with Gasteiger partial charge in [0.2, 0.25) is 0 Å². The van der Waals surface area contributed by atoms with Crippen LogP contribution in [0.15, 0.2) is 53.6 Å². The van der Waals surface area contributed by atoms with E-state index < -0.39 is 5.97 Å². The summed E-state index contributed by atoms with van der Waals surface area (Å²) in [5.41, 5.74) is 1.59. The van der Waals surface area contributed by atoms with Gasteiger partial charge in [0, 0.05) is 22.8 Å². The van der Waals surface area contributed by atoms with Gasteiger partial charge in [0.15, 0.2) is 11.6 Å². The van der Waals surface area contributed by atoms with Gasteiger partial charge < -0.3 is 9.47 Å². The Morgan fingerprint density at radius 2 is 1.62 bits per heavy atom. The van der Waals surface area contributed by atoms with Gasteiger partial charge in [-0.15, -0.1) is 0 Å². The van der Waals surface area contributed by atoms with Crippen molar-refractivity contribution in [3.05, 3.63) is 70.3 Å². The van der Waals surface area contributed by atoms with E-state index in [-0.39, 0.29) is 34.2 Å². The van der Waals surface area contributed by atoms with E-state index in [4.69, 9.17) is 9.47 Å². The van der Waals surface area contributed by atoms with Gasteiger partial charge in [0.1, 0.15) is 11.5 Å². The average Bonchev–Trinajstić information content (AvgIpc) is 2.65. The van der Waals surface area contributed by atoms with Crippen molar-refractivity contribution in [3.8, 4) is 11.5 Å². The largest absolute Gasteiger partial charge is 0.493 e. The number of Topliss-reactive ketones (excluding diaryl/α,β-unsaturated/α-hetero) is 2. The van der Waals surface area contributed by atoms with Crippen LogP contribution in [0.5, 0.6) is 11.5 Å². The number of ketones is 2. The van der Waals surface area contributed by atoms with Gasteiger partial charge in [-0.05, 0) is 39.0 Å². The van der Waals surface area contributed by atoms with Gasteiger partial charge in [-0.3, -0.25) is 9.59 Å². The number of esters is 1. The van der Waals surface area contributed by atoms with Gasteiger partial charge in [-0.1, -0.05) is 18.2 Å². The van der Waals surface area contributed by atoms with Crippen LogP contribution < -0.4 is 9.47 Å². The SMILES string of the molecule is CCOc1cc(OC(=O)c2ccccc2)cc2c1C(=O)C(C)=C(C)C2=O. The first kappa shape index (κ1) is 17.6. The number of benzene rings is 2. The minimum Gasteiger partial charge on any atom is -0.493 e. The number of hydrogen-bond acceptors (Lipinski definition) is 5. The van der Waals surface area contributed by atoms with Crippen molar-refractivity contribution in [2.24, 2.45) is 0 Å². The van der Waals surface area contributed by atoms with Crippen molar-refractivity contribution < 1.29 is 23.9 Å². The molecule has 1 aliphatic rings. The molecule has 0 unspecified atom stereocenters. The van der Waals surface area contributed by atoms with Crippen LogP contribution in [0.2, 0.25) is 0 Å². The molecule has 0 radical (unpaired) electrons. The second kappa shape index (κ2) is 6.96. The van der Waals surface area contributed by atoms with E-state index >= 15 is 0 Å². The van der Waals surface area contributed by atoms with E-state index in [2.05, 4.69) is 0 Å². The molecule has 0 amide bonds. The van der Waals surface area contributed by atoms with Crippen molar-refractivity contribution in [1.29, 1.82) is 0 Å². The number of ether oxygens (including phenoxy) is 2. The van der Waals surface area contributed by atoms with E-state index in [1.54, 1.807) is 51.1 Å². The van der Waals surface area contributed by atoms with Crippen LogP contribution in [0, 0.1) is 0 Å². The molecule has 0 spiro atoms. The van der Waals surface area contributed by atoms with Crippen LogP contribution in [0.25, 0.3) is 0 Å². The first-order chi connectivity index (χ1) is 12.4. The molecule has 132 valence electrons. The Hall–Kier alpha value is -3.21. The van der Waals surface area contributed by atoms with Crippen molar-refractivity contribution in [2.75, 3.05) is 6.61 Å². The highest BCUT2D eigenvalue weighted by atomic mass is 16.5. The molecule has 0 aromatic heterocycles. The van der Waals surface area contributed by atoms with Crippen LogP contribution in [0.4, 0.5) is 0 Å². The molecule has 2 aromatic carbocycles. The molecule has 2 aromatic rings. The smallest absolute Gasteiger partial charge is 0.343 e. The van der Waals surface area contributed by atoms with E-state index in [1.165, 1.54) is 12.1 Å². The normalized spacial score (nSPS) is 13.5. The lowest BCUT2D eigenvalue weighted by Crippen LogP contribution is -2.21. The summed E-state index contributed by atoms with van der Waals surface area (Å²) in [5, 5.41) is 0. The Kier molecular flexibility index (Phi) is 4.71. The Labute approximate surface area is 151 Å². The molecule has 26 heavy (non-hydrogen) atoms. The number of hydrogen-bond donors (Lipinski definition) is 0. The van der Waals surface area contributed by atoms with Crippen molar-refractivity contribution in [2.45, 2.75) is 20.8 Å². The monoisotopic (exact) mass is 350 g/mol. The number of carbonyl (C=O) groups excluding carboxylic acids is 3. The average molecular weight is 350 g/mol. The zero-order chi connectivity index (χ0) is 18.8. The van der Waals surface area contributed by atoms with E-state index in [9.17, 15) is 14.4 Å². The van der Waals surface area contributed by atoms with Crippen LogP contribution in [0.3, 0.4) is 0 Å². The second-order valence-corrected chi connectivity index (χ2v) is 5.94. The highest BCUT2D eigenvalue weighted by Gasteiger charge is 2.32. The zero-order valence-electron chi connectivity index (χ0n) is 14.8. The molecule has 0 heterocycles. The van der Waals surface area contributed by atoms with E-state index in [0.29, 0.717) is 23.3 Å². The summed E-state index contributed by atoms with van der Waals surface area (Å²) < 4.78 is 10.9. The minimum atomic E-state index is -0.550. The quantitative estimate of drug-likeness (QED) is 0.615. The molecule has 0 fully saturated rings. The fourth-order valence-corrected chi connectivity index (χ4v) is 2.80. The third-order valence-electron chi connectivity index (χ3n) is 4.31. The van der Waals surface area contributed by atoms with Gasteiger partial charge in [0.25, 0.3) is 0 Å². The topological polar surface area (TPSA) is 69.7 Å². The summed E-state index contributed by atoms with van der Waals surface area (Å²) in [5.74, 6) is -0.663. The highest BCUT2D eigenvalue weighted by molar-refractivity contribution is 6.27. The van der Waals surface area contributed by atoms with Crippen molar-refractivity contribution in [1.82, 2.24) is 0 Å². The molecular weight excluding hydrogens is 332 g/mol. The van der Waals surface area contributed by atoms with Crippen LogP contribution >= 0.6 is 0 Å². The predicted octanol–water partition coefficient (Wildman–Crippen LogP) is 4.02. The van der Waals surface area contributed by atoms with Crippen molar-refractivity contribution >= 4 is 17.5 Å². The molecule has 5 nitrogen and oxygen atoms in total. The van der Waals surface area contributed by atoms with E-state index in [0.717, 1.165) is 0 Å². The molecule has 0 N–H and O–H groups in total. The summed E-state index contributed by atoms with van der Waals surface area (Å²) in [7, 11) is 0. The summed E-state index contributed by atoms with van der Waals surface area (Å²) >= 11 is 0. The Bertz CT molecular complexity index is 938. The molecule has 0 atom stereocenters. The fraction of sp³-hybridized carbons (Fsp3) is 0.190. The van der Waals surface area contributed by atoms with Gasteiger partial charge in [-0.25, -0.2) is 4.79 Å². The summed E-state index contributed by atoms with van der Waals surface area (Å²) in [6.45, 7) is 5.32. The molecule has 0 bridgehead atoms. The lowest BCUT2D eigenvalue weighted by Gasteiger charge is -2.20. The van der Waals surface area contributed by atoms with Gasteiger partial charge >= 0.3 is 5.97 Å². The fourth-order valence-electron chi connectivity index (χ4n) is 2.80. The third-order valence-corrected chi connectivity index (χ3v) is 4.31. The third kappa shape index (κ3) is 3.04. The van der Waals surface area contributed by atoms with Crippen LogP contribution in [-0.2, 0) is 0 Å². The first-order valence-corrected chi connectivity index (χ1v) is 8.29. The minimum absolute atomic E-state index is 0.162. The van der Waals surface area contributed by atoms with Crippen LogP contribution in [0.1, 0.15) is 51.8 Å². The standard InChI is InChI=1S/C21H18O5/c1-4-25-17-11-15(26-21(24)14-8-6-5-7-9-14)10-16-18(17)20(23)13(3)12(2)19(16)22/h5-11H,4H2,1-3H3. The number of allylic oxidation sites excluding steroid dienone is 2. The van der Waals surface area contributed by atoms with Gasteiger partial charge in [-0.2, -0.15) is 0 Å². The Morgan fingerprint density at radius 1 is 0.962 bits per heavy atom. The first-order valence-electron chi connectivity index (χ1n) is 8.29. The molecule has 5 heteroatoms. The molecule has 0 saturated heterocycles. The molecule has 3 rings (SSSR count). The molecule has 0 aliphatic heterocycles. The van der Waals surface area contributed by atoms with Crippen molar-refractivity contribution in [3.63, 3.8) is 0 Å². The maximum atomic E-state index is 12.6. The Morgan fingerprint density at radius 3 is 2.27 bits per heavy atom. The van der Waals surface area contributed by atoms with Crippen LogP contribution in [-0.4, -0.2) is 24.1 Å². The number of fused-ring (bicyclic) bond motifs is 1. The molecule has 1 aliphatic carbocycles. The summed E-state index contributed by atoms with van der Waals surface area (Å²) in [6.07, 6.45) is 0. The predicted molar refractivity (Wildman–Crippen MR) is 96.0 cm³/mol. The van der Waals surface area contributed by atoms with E-state index in [1.807, 2.05) is 0 Å². The summed E-state index contributed by atoms with van der Waals surface area (Å²) in [4.78, 5) is 37.5. The summed E-state index contributed by atoms with van der Waals surface area (Å²) in [6, 6.07) is 11.4. The molecule has 0 saturated carbocycles. The maximum Gasteiger partial charge on any atom is 0.343 e. The molecular formula is C21H18O5. The highest BCUT2D eigenvalue weighted by Crippen LogP contribution is 2.36. The maximum absolute atomic E-state index is 12.6.